The van der Waals surface area contributed by atoms with Gasteiger partial charge in [-0.3, -0.25) is 15.0 Å². The Bertz CT molecular complexity index is 1150. The molecule has 0 aromatic heterocycles. The lowest BCUT2D eigenvalue weighted by molar-refractivity contribution is -0.202. The Balaban J connectivity index is 1.64. The van der Waals surface area contributed by atoms with E-state index in [9.17, 15) is 32.3 Å². The molecule has 0 aliphatic carbocycles. The Labute approximate surface area is 203 Å². The molecule has 0 spiro atoms. The fraction of sp³-hybridized carbons (Fsp3) is 0.261. The number of amidine groups is 1. The fourth-order valence-electron chi connectivity index (χ4n) is 3.56. The molecule has 2 aromatic rings. The summed E-state index contributed by atoms with van der Waals surface area (Å²) in [6.45, 7) is 0.303. The van der Waals surface area contributed by atoms with Crippen LogP contribution in [0.25, 0.3) is 0 Å². The predicted octanol–water partition coefficient (Wildman–Crippen LogP) is 2.14. The first-order valence-electron chi connectivity index (χ1n) is 10.7. The molecule has 0 saturated carbocycles. The predicted molar refractivity (Wildman–Crippen MR) is 121 cm³/mol. The van der Waals surface area contributed by atoms with E-state index in [0.29, 0.717) is 23.4 Å². The lowest BCUT2D eigenvalue weighted by atomic mass is 10.0. The summed E-state index contributed by atoms with van der Waals surface area (Å²) in [6, 6.07) is 11.4. The zero-order chi connectivity index (χ0) is 26.5. The van der Waals surface area contributed by atoms with Gasteiger partial charge in [-0.2, -0.15) is 13.2 Å². The summed E-state index contributed by atoms with van der Waals surface area (Å²) < 4.78 is 41.0. The molecule has 36 heavy (non-hydrogen) atoms. The molecule has 2 unspecified atom stereocenters. The minimum Gasteiger partial charge on any atom is -0.386 e. The molecule has 10 nitrogen and oxygen atoms in total. The van der Waals surface area contributed by atoms with Gasteiger partial charge >= 0.3 is 24.1 Å². The van der Waals surface area contributed by atoms with Gasteiger partial charge in [-0.1, -0.05) is 30.3 Å². The van der Waals surface area contributed by atoms with Crippen LogP contribution in [0.1, 0.15) is 30.0 Å². The van der Waals surface area contributed by atoms with E-state index in [1.807, 2.05) is 0 Å². The number of hydrogen-bond donors (Lipinski definition) is 4. The first kappa shape index (κ1) is 26.2. The maximum atomic E-state index is 12.8. The highest BCUT2D eigenvalue weighted by Crippen LogP contribution is 2.23. The Morgan fingerprint density at radius 1 is 1.11 bits per heavy atom. The summed E-state index contributed by atoms with van der Waals surface area (Å²) in [4.78, 5) is 49.8. The smallest absolute Gasteiger partial charge is 0.386 e. The van der Waals surface area contributed by atoms with Crippen LogP contribution >= 0.6 is 0 Å². The van der Waals surface area contributed by atoms with Crippen LogP contribution in [0.2, 0.25) is 0 Å². The molecule has 2 atom stereocenters. The standard InChI is InChI=1S/C23H22F3N5O5/c24-23(25,26)21(34)36-18(32)12-17(13-4-2-1-3-5-13)30-22(35)29-16-10-11-31(20(16)33)15-8-6-14(7-9-15)19(27)28/h1-9,16-17H,10-12H2,(H3,27,28)(H2,29,30,35). The number of anilines is 1. The second kappa shape index (κ2) is 10.9. The molecule has 1 aliphatic rings. The molecule has 1 fully saturated rings. The van der Waals surface area contributed by atoms with Crippen LogP contribution in [-0.2, 0) is 19.1 Å². The van der Waals surface area contributed by atoms with Crippen LogP contribution < -0.4 is 21.3 Å². The number of nitrogens with zero attached hydrogens (tertiary/aromatic N) is 1. The lowest BCUT2D eigenvalue weighted by Crippen LogP contribution is -2.47. The molecular formula is C23H22F3N5O5. The Morgan fingerprint density at radius 2 is 1.75 bits per heavy atom. The molecule has 0 bridgehead atoms. The number of amides is 3. The molecule has 190 valence electrons. The fourth-order valence-corrected chi connectivity index (χ4v) is 3.56. The van der Waals surface area contributed by atoms with Gasteiger partial charge in [0.05, 0.1) is 12.5 Å². The van der Waals surface area contributed by atoms with Crippen LogP contribution in [0.5, 0.6) is 0 Å². The molecule has 2 aromatic carbocycles. The van der Waals surface area contributed by atoms with Gasteiger partial charge in [-0.15, -0.1) is 0 Å². The third-order valence-electron chi connectivity index (χ3n) is 5.32. The van der Waals surface area contributed by atoms with Gasteiger partial charge in [-0.05, 0) is 36.2 Å². The number of carbonyl (C=O) groups excluding carboxylic acids is 4. The second-order valence-electron chi connectivity index (χ2n) is 7.84. The van der Waals surface area contributed by atoms with Gasteiger partial charge in [0.25, 0.3) is 0 Å². The van der Waals surface area contributed by atoms with E-state index in [-0.39, 0.29) is 12.3 Å². The number of urea groups is 1. The van der Waals surface area contributed by atoms with Gasteiger partial charge in [0.1, 0.15) is 11.9 Å². The summed E-state index contributed by atoms with van der Waals surface area (Å²) in [7, 11) is 0. The number of benzene rings is 2. The van der Waals surface area contributed by atoms with E-state index in [1.165, 1.54) is 17.0 Å². The van der Waals surface area contributed by atoms with E-state index in [4.69, 9.17) is 11.1 Å². The normalized spacial score (nSPS) is 16.2. The first-order chi connectivity index (χ1) is 17.0. The Kier molecular flexibility index (Phi) is 7.92. The van der Waals surface area contributed by atoms with Crippen LogP contribution in [0.3, 0.4) is 0 Å². The average molecular weight is 505 g/mol. The number of esters is 2. The third kappa shape index (κ3) is 6.58. The highest BCUT2D eigenvalue weighted by atomic mass is 19.4. The summed E-state index contributed by atoms with van der Waals surface area (Å²) >= 11 is 0. The van der Waals surface area contributed by atoms with E-state index >= 15 is 0 Å². The van der Waals surface area contributed by atoms with Crippen LogP contribution in [0.4, 0.5) is 23.7 Å². The van der Waals surface area contributed by atoms with E-state index in [2.05, 4.69) is 15.4 Å². The number of nitrogens with two attached hydrogens (primary N) is 1. The van der Waals surface area contributed by atoms with Gasteiger partial charge in [0.15, 0.2) is 0 Å². The van der Waals surface area contributed by atoms with Gasteiger partial charge < -0.3 is 26.0 Å². The number of halogens is 3. The van der Waals surface area contributed by atoms with Crippen LogP contribution in [0.15, 0.2) is 54.6 Å². The van der Waals surface area contributed by atoms with Crippen molar-refractivity contribution < 1.29 is 37.1 Å². The topological polar surface area (TPSA) is 155 Å². The maximum Gasteiger partial charge on any atom is 0.491 e. The van der Waals surface area contributed by atoms with Crippen molar-refractivity contribution in [1.29, 1.82) is 5.41 Å². The van der Waals surface area contributed by atoms with Crippen molar-refractivity contribution in [2.45, 2.75) is 31.1 Å². The van der Waals surface area contributed by atoms with E-state index < -0.39 is 48.6 Å². The number of carbonyl (C=O) groups is 4. The molecule has 1 heterocycles. The minimum absolute atomic E-state index is 0.120. The zero-order valence-corrected chi connectivity index (χ0v) is 18.7. The number of alkyl halides is 3. The summed E-state index contributed by atoms with van der Waals surface area (Å²) in [5.41, 5.74) is 6.84. The molecular weight excluding hydrogens is 483 g/mol. The van der Waals surface area contributed by atoms with E-state index in [1.54, 1.807) is 42.5 Å². The summed E-state index contributed by atoms with van der Waals surface area (Å²) in [5.74, 6) is -4.65. The molecule has 5 N–H and O–H groups in total. The highest BCUT2D eigenvalue weighted by Gasteiger charge is 2.42. The number of nitrogens with one attached hydrogen (secondary N) is 3. The average Bonchev–Trinajstić information content (AvgIpc) is 3.18. The number of rotatable bonds is 7. The van der Waals surface area contributed by atoms with Crippen LogP contribution in [0, 0.1) is 5.41 Å². The third-order valence-corrected chi connectivity index (χ3v) is 5.32. The SMILES string of the molecule is N=C(N)c1ccc(N2CCC(NC(=O)NC(CC(=O)OC(=O)C(F)(F)F)c3ccccc3)C2=O)cc1. The van der Waals surface area contributed by atoms with Gasteiger partial charge in [0.2, 0.25) is 5.91 Å². The first-order valence-corrected chi connectivity index (χ1v) is 10.7. The molecule has 0 radical (unpaired) electrons. The molecule has 1 aliphatic heterocycles. The maximum absolute atomic E-state index is 12.8. The number of hydrogen-bond acceptors (Lipinski definition) is 6. The van der Waals surface area contributed by atoms with Crippen molar-refractivity contribution in [2.75, 3.05) is 11.4 Å². The van der Waals surface area contributed by atoms with Crippen molar-refractivity contribution in [3.63, 3.8) is 0 Å². The summed E-state index contributed by atoms with van der Waals surface area (Å²) in [5, 5.41) is 12.4. The Morgan fingerprint density at radius 3 is 2.33 bits per heavy atom. The van der Waals surface area contributed by atoms with E-state index in [0.717, 1.165) is 0 Å². The summed E-state index contributed by atoms with van der Waals surface area (Å²) in [6.07, 6.45) is -5.82. The lowest BCUT2D eigenvalue weighted by Gasteiger charge is -2.21. The van der Waals surface area contributed by atoms with Crippen molar-refractivity contribution in [3.8, 4) is 0 Å². The van der Waals surface area contributed by atoms with Crippen molar-refractivity contribution >= 4 is 35.4 Å². The van der Waals surface area contributed by atoms with Gasteiger partial charge in [0, 0.05) is 17.8 Å². The number of ether oxygens (including phenoxy) is 1. The van der Waals surface area contributed by atoms with Gasteiger partial charge in [-0.25, -0.2) is 9.59 Å². The highest BCUT2D eigenvalue weighted by molar-refractivity contribution is 6.02. The van der Waals surface area contributed by atoms with Crippen molar-refractivity contribution in [2.24, 2.45) is 5.73 Å². The molecule has 3 rings (SSSR count). The molecule has 1 saturated heterocycles. The minimum atomic E-state index is -5.34. The second-order valence-corrected chi connectivity index (χ2v) is 7.84. The molecule has 3 amide bonds. The molecule has 13 heteroatoms. The largest absolute Gasteiger partial charge is 0.491 e. The van der Waals surface area contributed by atoms with Crippen molar-refractivity contribution in [3.05, 3.63) is 65.7 Å². The monoisotopic (exact) mass is 505 g/mol. The van der Waals surface area contributed by atoms with Crippen molar-refractivity contribution in [1.82, 2.24) is 10.6 Å². The van der Waals surface area contributed by atoms with Crippen LogP contribution in [-0.4, -0.2) is 48.5 Å². The Hall–Kier alpha value is -4.42. The quantitative estimate of drug-likeness (QED) is 0.196. The number of nitrogen functional groups attached to an aromatic ring is 1. The zero-order valence-electron chi connectivity index (χ0n) is 18.7.